The summed E-state index contributed by atoms with van der Waals surface area (Å²) in [5, 5.41) is 23.7. The van der Waals surface area contributed by atoms with Gasteiger partial charge in [-0.15, -0.1) is 0 Å². The molecule has 8 nitrogen and oxygen atoms in total. The Labute approximate surface area is 123 Å². The van der Waals surface area contributed by atoms with Gasteiger partial charge in [0.15, 0.2) is 0 Å². The van der Waals surface area contributed by atoms with Crippen LogP contribution in [0, 0.1) is 10.1 Å². The largest absolute Gasteiger partial charge is 0.477 e. The second-order valence-corrected chi connectivity index (χ2v) is 4.53. The monoisotopic (exact) mass is 298 g/mol. The average molecular weight is 298 g/mol. The molecule has 0 unspecified atom stereocenters. The summed E-state index contributed by atoms with van der Waals surface area (Å²) in [6.07, 6.45) is 3.20. The number of aromatic nitrogens is 2. The van der Waals surface area contributed by atoms with Gasteiger partial charge in [-0.3, -0.25) is 15.1 Å². The van der Waals surface area contributed by atoms with Crippen LogP contribution in [0.15, 0.2) is 42.7 Å². The van der Waals surface area contributed by atoms with Crippen molar-refractivity contribution in [3.8, 4) is 0 Å². The van der Waals surface area contributed by atoms with Crippen LogP contribution in [0.25, 0.3) is 10.9 Å². The number of hydrogen-bond acceptors (Lipinski definition) is 5. The summed E-state index contributed by atoms with van der Waals surface area (Å²) < 4.78 is 0. The van der Waals surface area contributed by atoms with Crippen LogP contribution in [0.2, 0.25) is 0 Å². The number of fused-ring (bicyclic) bond motifs is 1. The summed E-state index contributed by atoms with van der Waals surface area (Å²) in [5.74, 6) is -1.18. The van der Waals surface area contributed by atoms with Gasteiger partial charge < -0.3 is 15.4 Å². The maximum Gasteiger partial charge on any atom is 0.352 e. The lowest BCUT2D eigenvalue weighted by Crippen LogP contribution is -1.95. The van der Waals surface area contributed by atoms with Crippen molar-refractivity contribution in [2.75, 3.05) is 5.32 Å². The van der Waals surface area contributed by atoms with Crippen LogP contribution in [0.4, 0.5) is 17.1 Å². The van der Waals surface area contributed by atoms with Gasteiger partial charge in [-0.25, -0.2) is 4.79 Å². The van der Waals surface area contributed by atoms with Crippen LogP contribution in [-0.2, 0) is 0 Å². The Morgan fingerprint density at radius 2 is 2.00 bits per heavy atom. The zero-order valence-corrected chi connectivity index (χ0v) is 11.1. The highest BCUT2D eigenvalue weighted by molar-refractivity contribution is 6.03. The topological polar surface area (TPSA) is 121 Å². The van der Waals surface area contributed by atoms with Gasteiger partial charge >= 0.3 is 5.97 Å². The maximum absolute atomic E-state index is 11.1. The van der Waals surface area contributed by atoms with Crippen molar-refractivity contribution in [3.63, 3.8) is 0 Å². The van der Waals surface area contributed by atoms with Gasteiger partial charge in [-0.2, -0.15) is 0 Å². The molecule has 2 heterocycles. The molecule has 0 saturated heterocycles. The molecule has 0 spiro atoms. The van der Waals surface area contributed by atoms with Gasteiger partial charge in [0.05, 0.1) is 4.92 Å². The van der Waals surface area contributed by atoms with E-state index in [-0.39, 0.29) is 16.9 Å². The van der Waals surface area contributed by atoms with E-state index in [9.17, 15) is 14.9 Å². The predicted octanol–water partition coefficient (Wildman–Crippen LogP) is 2.91. The lowest BCUT2D eigenvalue weighted by atomic mass is 10.1. The molecule has 22 heavy (non-hydrogen) atoms. The van der Waals surface area contributed by atoms with Crippen LogP contribution < -0.4 is 5.32 Å². The SMILES string of the molecule is O=C(O)c1cc2c(Nc3ccncc3)ccc([N+](=O)[O-])c2[nH]1. The van der Waals surface area contributed by atoms with E-state index in [2.05, 4.69) is 15.3 Å². The van der Waals surface area contributed by atoms with Gasteiger partial charge in [0, 0.05) is 35.2 Å². The number of anilines is 2. The number of nitrogens with zero attached hydrogens (tertiary/aromatic N) is 2. The Kier molecular flexibility index (Phi) is 3.18. The number of pyridine rings is 1. The Morgan fingerprint density at radius 1 is 1.27 bits per heavy atom. The lowest BCUT2D eigenvalue weighted by Gasteiger charge is -2.07. The predicted molar refractivity (Wildman–Crippen MR) is 79.4 cm³/mol. The fraction of sp³-hybridized carbons (Fsp3) is 0. The van der Waals surface area contributed by atoms with E-state index in [0.29, 0.717) is 11.1 Å². The quantitative estimate of drug-likeness (QED) is 0.503. The molecule has 0 aliphatic carbocycles. The van der Waals surface area contributed by atoms with E-state index < -0.39 is 10.9 Å². The number of hydrogen-bond donors (Lipinski definition) is 3. The maximum atomic E-state index is 11.1. The van der Waals surface area contributed by atoms with Crippen molar-refractivity contribution >= 4 is 33.9 Å². The number of aromatic amines is 1. The number of aromatic carboxylic acids is 1. The molecule has 0 radical (unpaired) electrons. The highest BCUT2D eigenvalue weighted by Gasteiger charge is 2.19. The summed E-state index contributed by atoms with van der Waals surface area (Å²) in [6.45, 7) is 0. The molecule has 0 atom stereocenters. The molecule has 2 aromatic heterocycles. The fourth-order valence-corrected chi connectivity index (χ4v) is 2.17. The third kappa shape index (κ3) is 2.33. The molecule has 0 amide bonds. The van der Waals surface area contributed by atoms with Crippen LogP contribution in [-0.4, -0.2) is 26.0 Å². The van der Waals surface area contributed by atoms with Crippen LogP contribution in [0.3, 0.4) is 0 Å². The number of nitro groups is 1. The Bertz CT molecular complexity index is 873. The molecule has 0 aliphatic heterocycles. The first-order valence-electron chi connectivity index (χ1n) is 6.26. The first-order chi connectivity index (χ1) is 10.6. The molecule has 0 saturated carbocycles. The minimum absolute atomic E-state index is 0.109. The van der Waals surface area contributed by atoms with E-state index in [1.54, 1.807) is 30.6 Å². The summed E-state index contributed by atoms with van der Waals surface area (Å²) in [4.78, 5) is 28.1. The first kappa shape index (κ1) is 13.6. The molecule has 8 heteroatoms. The summed E-state index contributed by atoms with van der Waals surface area (Å²) in [5.41, 5.74) is 1.19. The van der Waals surface area contributed by atoms with Gasteiger partial charge in [0.25, 0.3) is 5.69 Å². The third-order valence-corrected chi connectivity index (χ3v) is 3.16. The van der Waals surface area contributed by atoms with Crippen molar-refractivity contribution in [1.29, 1.82) is 0 Å². The number of rotatable bonds is 4. The van der Waals surface area contributed by atoms with Gasteiger partial charge in [0.1, 0.15) is 11.2 Å². The highest BCUT2D eigenvalue weighted by Crippen LogP contribution is 2.33. The van der Waals surface area contributed by atoms with Crippen molar-refractivity contribution < 1.29 is 14.8 Å². The molecule has 3 aromatic rings. The van der Waals surface area contributed by atoms with E-state index in [1.165, 1.54) is 12.1 Å². The molecular formula is C14H10N4O4. The summed E-state index contributed by atoms with van der Waals surface area (Å²) in [6, 6.07) is 7.71. The second-order valence-electron chi connectivity index (χ2n) is 4.53. The van der Waals surface area contributed by atoms with Gasteiger partial charge in [0.2, 0.25) is 0 Å². The number of benzene rings is 1. The zero-order valence-electron chi connectivity index (χ0n) is 11.1. The summed E-state index contributed by atoms with van der Waals surface area (Å²) in [7, 11) is 0. The van der Waals surface area contributed by atoms with E-state index in [4.69, 9.17) is 5.11 Å². The van der Waals surface area contributed by atoms with E-state index in [1.807, 2.05) is 0 Å². The highest BCUT2D eigenvalue weighted by atomic mass is 16.6. The van der Waals surface area contributed by atoms with E-state index in [0.717, 1.165) is 5.69 Å². The Morgan fingerprint density at radius 3 is 2.64 bits per heavy atom. The normalized spacial score (nSPS) is 10.5. The molecule has 3 N–H and O–H groups in total. The smallest absolute Gasteiger partial charge is 0.352 e. The molecule has 1 aromatic carbocycles. The molecular weight excluding hydrogens is 288 g/mol. The number of carboxylic acid groups (broad SMARTS) is 1. The summed E-state index contributed by atoms with van der Waals surface area (Å²) >= 11 is 0. The fourth-order valence-electron chi connectivity index (χ4n) is 2.17. The molecule has 0 bridgehead atoms. The van der Waals surface area contributed by atoms with Crippen molar-refractivity contribution in [1.82, 2.24) is 9.97 Å². The Balaban J connectivity index is 2.17. The third-order valence-electron chi connectivity index (χ3n) is 3.16. The molecule has 0 aliphatic rings. The number of H-pyrrole nitrogens is 1. The second kappa shape index (κ2) is 5.17. The van der Waals surface area contributed by atoms with Gasteiger partial charge in [-0.1, -0.05) is 0 Å². The van der Waals surface area contributed by atoms with Crippen molar-refractivity contribution in [2.45, 2.75) is 0 Å². The lowest BCUT2D eigenvalue weighted by molar-refractivity contribution is -0.383. The number of carboxylic acids is 1. The van der Waals surface area contributed by atoms with E-state index >= 15 is 0 Å². The van der Waals surface area contributed by atoms with Crippen LogP contribution in [0.5, 0.6) is 0 Å². The molecule has 0 fully saturated rings. The van der Waals surface area contributed by atoms with Gasteiger partial charge in [-0.05, 0) is 24.3 Å². The number of non-ortho nitro benzene ring substituents is 1. The minimum atomic E-state index is -1.18. The van der Waals surface area contributed by atoms with Crippen molar-refractivity contribution in [2.24, 2.45) is 0 Å². The Hall–Kier alpha value is -3.42. The number of carbonyl (C=O) groups is 1. The molecule has 3 rings (SSSR count). The van der Waals surface area contributed by atoms with Crippen molar-refractivity contribution in [3.05, 3.63) is 58.5 Å². The zero-order chi connectivity index (χ0) is 15.7. The molecule has 110 valence electrons. The first-order valence-corrected chi connectivity index (χ1v) is 6.26. The number of nitro benzene ring substituents is 1. The number of nitrogens with one attached hydrogen (secondary N) is 2. The average Bonchev–Trinajstić information content (AvgIpc) is 2.94. The van der Waals surface area contributed by atoms with Crippen LogP contribution in [0.1, 0.15) is 10.5 Å². The minimum Gasteiger partial charge on any atom is -0.477 e. The van der Waals surface area contributed by atoms with Crippen LogP contribution >= 0.6 is 0 Å². The standard InChI is InChI=1S/C14H10N4O4/c19-14(20)11-7-9-10(16-8-3-5-15-6-4-8)1-2-12(18(21)22)13(9)17-11/h1-7,17H,(H,15,16)(H,19,20).